The number of nitrogens with zero attached hydrogens (tertiary/aromatic N) is 2. The number of aryl methyl sites for hydroxylation is 2. The molecule has 32 heavy (non-hydrogen) atoms. The Labute approximate surface area is 193 Å². The lowest BCUT2D eigenvalue weighted by molar-refractivity contribution is 0.0992. The Morgan fingerprint density at radius 2 is 2.00 bits per heavy atom. The summed E-state index contributed by atoms with van der Waals surface area (Å²) in [7, 11) is 0. The summed E-state index contributed by atoms with van der Waals surface area (Å²) < 4.78 is 27.5. The molecule has 1 amide bonds. The summed E-state index contributed by atoms with van der Waals surface area (Å²) in [5, 5.41) is 7.02. The predicted octanol–water partition coefficient (Wildman–Crippen LogP) is 5.87. The molecule has 0 bridgehead atoms. The highest BCUT2D eigenvalue weighted by Gasteiger charge is 2.16. The van der Waals surface area contributed by atoms with Crippen molar-refractivity contribution in [2.45, 2.75) is 27.0 Å². The van der Waals surface area contributed by atoms with E-state index in [1.54, 1.807) is 41.2 Å². The number of benzene rings is 2. The fourth-order valence-electron chi connectivity index (χ4n) is 3.12. The molecule has 1 N–H and O–H groups in total. The summed E-state index contributed by atoms with van der Waals surface area (Å²) in [5.74, 6) is 1.00. The minimum absolute atomic E-state index is 0.139. The van der Waals surface area contributed by atoms with E-state index in [2.05, 4.69) is 26.3 Å². The Kier molecular flexibility index (Phi) is 6.41. The molecule has 0 atom stereocenters. The molecule has 6 nitrogen and oxygen atoms in total. The van der Waals surface area contributed by atoms with Gasteiger partial charge in [0.15, 0.2) is 11.6 Å². The molecule has 0 spiro atoms. The first-order valence-electron chi connectivity index (χ1n) is 9.95. The number of ether oxygens (including phenoxy) is 1. The number of rotatable bonds is 7. The van der Waals surface area contributed by atoms with E-state index in [-0.39, 0.29) is 24.7 Å². The molecule has 0 aliphatic heterocycles. The minimum Gasteiger partial charge on any atom is -0.485 e. The lowest BCUT2D eigenvalue weighted by Crippen LogP contribution is -2.12. The topological polar surface area (TPSA) is 69.3 Å². The molecule has 4 aromatic rings. The molecule has 4 rings (SSSR count). The number of carbonyl (C=O) groups excluding carboxylic acids is 1. The Bertz CT molecular complexity index is 1270. The van der Waals surface area contributed by atoms with Crippen LogP contribution in [0.5, 0.6) is 5.75 Å². The summed E-state index contributed by atoms with van der Waals surface area (Å²) in [6.07, 6.45) is 1.67. The molecule has 0 saturated heterocycles. The lowest BCUT2D eigenvalue weighted by Gasteiger charge is -2.08. The Balaban J connectivity index is 1.39. The van der Waals surface area contributed by atoms with Gasteiger partial charge in [-0.25, -0.2) is 4.39 Å². The zero-order valence-electron chi connectivity index (χ0n) is 17.6. The normalized spacial score (nSPS) is 10.9. The van der Waals surface area contributed by atoms with Gasteiger partial charge in [0, 0.05) is 11.8 Å². The van der Waals surface area contributed by atoms with Crippen LogP contribution in [0.3, 0.4) is 0 Å². The number of amides is 1. The van der Waals surface area contributed by atoms with Crippen LogP contribution in [0.4, 0.5) is 10.2 Å². The van der Waals surface area contributed by atoms with E-state index in [4.69, 9.17) is 9.15 Å². The van der Waals surface area contributed by atoms with E-state index in [9.17, 15) is 9.18 Å². The van der Waals surface area contributed by atoms with Gasteiger partial charge in [0.1, 0.15) is 23.9 Å². The van der Waals surface area contributed by atoms with E-state index in [1.165, 1.54) is 6.07 Å². The van der Waals surface area contributed by atoms with Crippen LogP contribution in [-0.4, -0.2) is 15.7 Å². The summed E-state index contributed by atoms with van der Waals surface area (Å²) in [4.78, 5) is 12.6. The van der Waals surface area contributed by atoms with Crippen molar-refractivity contribution in [3.8, 4) is 5.75 Å². The third-order valence-corrected chi connectivity index (χ3v) is 5.42. The third kappa shape index (κ3) is 5.08. The van der Waals surface area contributed by atoms with Crippen LogP contribution < -0.4 is 10.1 Å². The van der Waals surface area contributed by atoms with Gasteiger partial charge in [0.05, 0.1) is 11.0 Å². The van der Waals surface area contributed by atoms with Crippen LogP contribution >= 0.6 is 15.9 Å². The molecule has 0 radical (unpaired) electrons. The van der Waals surface area contributed by atoms with E-state index >= 15 is 0 Å². The summed E-state index contributed by atoms with van der Waals surface area (Å²) in [5.41, 5.74) is 2.63. The highest BCUT2D eigenvalue weighted by Crippen LogP contribution is 2.23. The highest BCUT2D eigenvalue weighted by molar-refractivity contribution is 9.10. The number of nitrogens with one attached hydrogen (secondary N) is 1. The van der Waals surface area contributed by atoms with Crippen molar-refractivity contribution in [3.05, 3.63) is 99.3 Å². The smallest absolute Gasteiger partial charge is 0.292 e. The maximum atomic E-state index is 13.9. The lowest BCUT2D eigenvalue weighted by atomic mass is 10.1. The average molecular weight is 498 g/mol. The zero-order valence-corrected chi connectivity index (χ0v) is 19.1. The van der Waals surface area contributed by atoms with Gasteiger partial charge >= 0.3 is 0 Å². The van der Waals surface area contributed by atoms with Crippen molar-refractivity contribution in [1.82, 2.24) is 9.78 Å². The molecule has 164 valence electrons. The summed E-state index contributed by atoms with van der Waals surface area (Å²) >= 11 is 3.38. The third-order valence-electron chi connectivity index (χ3n) is 4.84. The van der Waals surface area contributed by atoms with Crippen LogP contribution in [0, 0.1) is 19.7 Å². The van der Waals surface area contributed by atoms with Gasteiger partial charge in [0.2, 0.25) is 0 Å². The van der Waals surface area contributed by atoms with Gasteiger partial charge in [0.25, 0.3) is 5.91 Å². The number of aromatic nitrogens is 2. The molecular weight excluding hydrogens is 477 g/mol. The second-order valence-corrected chi connectivity index (χ2v) is 8.25. The van der Waals surface area contributed by atoms with Crippen molar-refractivity contribution in [3.63, 3.8) is 0 Å². The Hall–Kier alpha value is -3.39. The number of hydrogen-bond donors (Lipinski definition) is 1. The molecule has 8 heteroatoms. The van der Waals surface area contributed by atoms with Gasteiger partial charge in [-0.05, 0) is 65.2 Å². The van der Waals surface area contributed by atoms with Crippen LogP contribution in [-0.2, 0) is 13.2 Å². The van der Waals surface area contributed by atoms with Gasteiger partial charge in [-0.2, -0.15) is 5.10 Å². The average Bonchev–Trinajstić information content (AvgIpc) is 3.37. The molecule has 0 saturated carbocycles. The monoisotopic (exact) mass is 497 g/mol. The Morgan fingerprint density at radius 1 is 1.19 bits per heavy atom. The fourth-order valence-corrected chi connectivity index (χ4v) is 3.54. The molecule has 2 aromatic heterocycles. The van der Waals surface area contributed by atoms with Crippen molar-refractivity contribution in [1.29, 1.82) is 0 Å². The minimum atomic E-state index is -0.445. The molecule has 0 aliphatic carbocycles. The fraction of sp³-hybridized carbons (Fsp3) is 0.167. The van der Waals surface area contributed by atoms with Crippen LogP contribution in [0.1, 0.15) is 33.0 Å². The first-order valence-corrected chi connectivity index (χ1v) is 10.7. The SMILES string of the molecule is Cc1ccc(C)c(OCc2ccc(C(=O)Nc3nn(Cc4ccccc4F)cc3Br)o2)c1. The number of furan rings is 1. The number of anilines is 1. The van der Waals surface area contributed by atoms with E-state index in [0.29, 0.717) is 21.6 Å². The van der Waals surface area contributed by atoms with E-state index < -0.39 is 5.91 Å². The molecular formula is C24H21BrFN3O3. The maximum Gasteiger partial charge on any atom is 0.292 e. The summed E-state index contributed by atoms with van der Waals surface area (Å²) in [6.45, 7) is 4.41. The van der Waals surface area contributed by atoms with Crippen molar-refractivity contribution in [2.75, 3.05) is 5.32 Å². The van der Waals surface area contributed by atoms with Gasteiger partial charge in [-0.1, -0.05) is 30.3 Å². The van der Waals surface area contributed by atoms with Crippen molar-refractivity contribution < 1.29 is 18.3 Å². The number of hydrogen-bond acceptors (Lipinski definition) is 4. The second kappa shape index (κ2) is 9.40. The van der Waals surface area contributed by atoms with E-state index in [1.807, 2.05) is 32.0 Å². The highest BCUT2D eigenvalue weighted by atomic mass is 79.9. The van der Waals surface area contributed by atoms with Crippen LogP contribution in [0.2, 0.25) is 0 Å². The van der Waals surface area contributed by atoms with Crippen LogP contribution in [0.25, 0.3) is 0 Å². The number of carbonyl (C=O) groups is 1. The maximum absolute atomic E-state index is 13.9. The molecule has 0 aliphatic rings. The largest absolute Gasteiger partial charge is 0.485 e. The van der Waals surface area contributed by atoms with Crippen molar-refractivity contribution in [2.24, 2.45) is 0 Å². The standard InChI is InChI=1S/C24H21BrFN3O3/c1-15-7-8-16(2)22(11-15)31-14-18-9-10-21(32-18)24(30)27-23-19(25)13-29(28-23)12-17-5-3-4-6-20(17)26/h3-11,13H,12,14H2,1-2H3,(H,27,28,30). The Morgan fingerprint density at radius 3 is 2.81 bits per heavy atom. The van der Waals surface area contributed by atoms with E-state index in [0.717, 1.165) is 16.9 Å². The van der Waals surface area contributed by atoms with Gasteiger partial charge in [-0.3, -0.25) is 9.48 Å². The van der Waals surface area contributed by atoms with Gasteiger partial charge in [-0.15, -0.1) is 0 Å². The molecule has 0 unspecified atom stereocenters. The first kappa shape index (κ1) is 21.8. The first-order chi connectivity index (χ1) is 15.4. The van der Waals surface area contributed by atoms with Crippen molar-refractivity contribution >= 4 is 27.7 Å². The molecule has 0 fully saturated rings. The summed E-state index contributed by atoms with van der Waals surface area (Å²) in [6, 6.07) is 15.7. The molecule has 2 heterocycles. The quantitative estimate of drug-likeness (QED) is 0.346. The number of halogens is 2. The van der Waals surface area contributed by atoms with Gasteiger partial charge < -0.3 is 14.5 Å². The molecule has 2 aromatic carbocycles. The second-order valence-electron chi connectivity index (χ2n) is 7.39. The van der Waals surface area contributed by atoms with Crippen LogP contribution in [0.15, 0.2) is 69.7 Å². The predicted molar refractivity (Wildman–Crippen MR) is 122 cm³/mol. The zero-order chi connectivity index (χ0) is 22.7.